The lowest BCUT2D eigenvalue weighted by atomic mass is 10.2. The largest absolute Gasteiger partial charge is 0.467 e. The summed E-state index contributed by atoms with van der Waals surface area (Å²) in [7, 11) is 1.54. The van der Waals surface area contributed by atoms with Crippen LogP contribution in [-0.4, -0.2) is 22.1 Å². The van der Waals surface area contributed by atoms with E-state index in [0.29, 0.717) is 17.5 Å². The average Bonchev–Trinajstić information content (AvgIpc) is 3.10. The zero-order valence-electron chi connectivity index (χ0n) is 9.75. The number of aromatic amines is 1. The predicted molar refractivity (Wildman–Crippen MR) is 66.1 cm³/mol. The van der Waals surface area contributed by atoms with Crippen LogP contribution >= 0.6 is 0 Å². The summed E-state index contributed by atoms with van der Waals surface area (Å²) in [6, 6.07) is 9.68. The van der Waals surface area contributed by atoms with Crippen molar-refractivity contribution in [1.29, 1.82) is 0 Å². The van der Waals surface area contributed by atoms with Crippen molar-refractivity contribution in [3.8, 4) is 28.9 Å². The van der Waals surface area contributed by atoms with Crippen LogP contribution in [0.2, 0.25) is 0 Å². The smallest absolute Gasteiger partial charge is 0.317 e. The van der Waals surface area contributed by atoms with Crippen molar-refractivity contribution in [2.24, 2.45) is 0 Å². The number of methoxy groups -OCH3 is 1. The van der Waals surface area contributed by atoms with E-state index < -0.39 is 0 Å². The van der Waals surface area contributed by atoms with Crippen molar-refractivity contribution in [2.75, 3.05) is 7.11 Å². The lowest BCUT2D eigenvalue weighted by Gasteiger charge is -2.04. The summed E-state index contributed by atoms with van der Waals surface area (Å²) in [4.78, 5) is 11.7. The molecule has 0 aliphatic carbocycles. The number of furan rings is 1. The molecule has 0 aromatic carbocycles. The number of hydrogen-bond acceptors (Lipinski definition) is 4. The molecular weight excluding hydrogens is 230 g/mol. The summed E-state index contributed by atoms with van der Waals surface area (Å²) in [5.74, 6) is 0.684. The van der Waals surface area contributed by atoms with E-state index in [0.717, 1.165) is 11.4 Å². The Morgan fingerprint density at radius 3 is 2.72 bits per heavy atom. The minimum Gasteiger partial charge on any atom is -0.467 e. The number of rotatable bonds is 3. The molecule has 5 nitrogen and oxygen atoms in total. The molecular formula is C13H11N3O2. The Balaban J connectivity index is 2.13. The second kappa shape index (κ2) is 4.37. The lowest BCUT2D eigenvalue weighted by Crippen LogP contribution is -1.96. The van der Waals surface area contributed by atoms with Gasteiger partial charge < -0.3 is 14.1 Å². The summed E-state index contributed by atoms with van der Waals surface area (Å²) < 4.78 is 10.4. The fourth-order valence-corrected chi connectivity index (χ4v) is 1.69. The maximum absolute atomic E-state index is 5.34. The topological polar surface area (TPSA) is 63.9 Å². The number of ether oxygens (including phenoxy) is 1. The van der Waals surface area contributed by atoms with Gasteiger partial charge in [-0.1, -0.05) is 0 Å². The zero-order valence-corrected chi connectivity index (χ0v) is 9.75. The minimum absolute atomic E-state index is 0.313. The number of hydrogen-bond donors (Lipinski definition) is 1. The molecule has 3 heterocycles. The quantitative estimate of drug-likeness (QED) is 0.765. The van der Waals surface area contributed by atoms with Gasteiger partial charge in [0.05, 0.1) is 24.8 Å². The Hall–Kier alpha value is -2.56. The molecule has 5 heteroatoms. The highest BCUT2D eigenvalue weighted by Crippen LogP contribution is 2.24. The van der Waals surface area contributed by atoms with Gasteiger partial charge in [0.15, 0.2) is 5.76 Å². The van der Waals surface area contributed by atoms with Gasteiger partial charge in [-0.2, -0.15) is 9.97 Å². The van der Waals surface area contributed by atoms with Gasteiger partial charge in [0.2, 0.25) is 0 Å². The summed E-state index contributed by atoms with van der Waals surface area (Å²) in [5, 5.41) is 0. The molecule has 3 aromatic rings. The molecule has 0 amide bonds. The van der Waals surface area contributed by atoms with Gasteiger partial charge >= 0.3 is 6.01 Å². The lowest BCUT2D eigenvalue weighted by molar-refractivity contribution is 0.380. The molecule has 0 fully saturated rings. The van der Waals surface area contributed by atoms with Gasteiger partial charge in [0.25, 0.3) is 0 Å². The first-order valence-corrected chi connectivity index (χ1v) is 5.47. The first-order chi connectivity index (χ1) is 8.86. The van der Waals surface area contributed by atoms with Crippen molar-refractivity contribution in [3.63, 3.8) is 0 Å². The number of nitrogens with one attached hydrogen (secondary N) is 1. The van der Waals surface area contributed by atoms with Crippen LogP contribution in [0.1, 0.15) is 0 Å². The third kappa shape index (κ3) is 1.86. The SMILES string of the molecule is COc1nc(-c2ccc[nH]2)cc(-c2ccco2)n1. The van der Waals surface area contributed by atoms with Crippen molar-refractivity contribution >= 4 is 0 Å². The van der Waals surface area contributed by atoms with E-state index in [1.54, 1.807) is 13.4 Å². The minimum atomic E-state index is 0.313. The van der Waals surface area contributed by atoms with Crippen LogP contribution in [0.3, 0.4) is 0 Å². The summed E-state index contributed by atoms with van der Waals surface area (Å²) in [6.07, 6.45) is 3.45. The second-order valence-corrected chi connectivity index (χ2v) is 3.69. The molecule has 0 saturated heterocycles. The van der Waals surface area contributed by atoms with Gasteiger partial charge in [-0.05, 0) is 30.3 Å². The van der Waals surface area contributed by atoms with Gasteiger partial charge in [-0.15, -0.1) is 0 Å². The fraction of sp³-hybridized carbons (Fsp3) is 0.0769. The van der Waals surface area contributed by atoms with E-state index in [1.165, 1.54) is 0 Å². The average molecular weight is 241 g/mol. The Kier molecular flexibility index (Phi) is 2.57. The van der Waals surface area contributed by atoms with Crippen LogP contribution in [-0.2, 0) is 0 Å². The van der Waals surface area contributed by atoms with Gasteiger partial charge in [-0.3, -0.25) is 0 Å². The Labute approximate surface area is 103 Å². The first-order valence-electron chi connectivity index (χ1n) is 5.47. The van der Waals surface area contributed by atoms with Crippen LogP contribution < -0.4 is 4.74 Å². The van der Waals surface area contributed by atoms with E-state index in [4.69, 9.17) is 9.15 Å². The molecule has 0 spiro atoms. The van der Waals surface area contributed by atoms with Crippen LogP contribution in [0.15, 0.2) is 47.2 Å². The number of H-pyrrole nitrogens is 1. The molecule has 0 saturated carbocycles. The monoisotopic (exact) mass is 241 g/mol. The van der Waals surface area contributed by atoms with E-state index in [-0.39, 0.29) is 0 Å². The molecule has 0 aliphatic heterocycles. The normalized spacial score (nSPS) is 10.5. The molecule has 1 N–H and O–H groups in total. The molecule has 0 radical (unpaired) electrons. The predicted octanol–water partition coefficient (Wildman–Crippen LogP) is 2.74. The van der Waals surface area contributed by atoms with Crippen LogP contribution in [0, 0.1) is 0 Å². The molecule has 3 rings (SSSR count). The molecule has 3 aromatic heterocycles. The van der Waals surface area contributed by atoms with Crippen molar-refractivity contribution in [3.05, 3.63) is 42.8 Å². The second-order valence-electron chi connectivity index (χ2n) is 3.69. The Morgan fingerprint density at radius 2 is 2.06 bits per heavy atom. The molecule has 0 unspecified atom stereocenters. The number of aromatic nitrogens is 3. The summed E-state index contributed by atoms with van der Waals surface area (Å²) in [5.41, 5.74) is 2.36. The highest BCUT2D eigenvalue weighted by Gasteiger charge is 2.10. The van der Waals surface area contributed by atoms with E-state index >= 15 is 0 Å². The van der Waals surface area contributed by atoms with E-state index in [2.05, 4.69) is 15.0 Å². The maximum Gasteiger partial charge on any atom is 0.317 e. The van der Waals surface area contributed by atoms with E-state index in [9.17, 15) is 0 Å². The Morgan fingerprint density at radius 1 is 1.17 bits per heavy atom. The fourth-order valence-electron chi connectivity index (χ4n) is 1.69. The summed E-state index contributed by atoms with van der Waals surface area (Å²) >= 11 is 0. The first kappa shape index (κ1) is 10.6. The molecule has 0 aliphatic rings. The summed E-state index contributed by atoms with van der Waals surface area (Å²) in [6.45, 7) is 0. The van der Waals surface area contributed by atoms with Gasteiger partial charge in [0.1, 0.15) is 5.69 Å². The van der Waals surface area contributed by atoms with Gasteiger partial charge in [0, 0.05) is 6.20 Å². The van der Waals surface area contributed by atoms with Crippen LogP contribution in [0.25, 0.3) is 22.8 Å². The Bertz CT molecular complexity index is 578. The van der Waals surface area contributed by atoms with Crippen LogP contribution in [0.4, 0.5) is 0 Å². The number of nitrogens with zero attached hydrogens (tertiary/aromatic N) is 2. The van der Waals surface area contributed by atoms with Crippen LogP contribution in [0.5, 0.6) is 6.01 Å². The van der Waals surface area contributed by atoms with Crippen molar-refractivity contribution in [2.45, 2.75) is 0 Å². The molecule has 0 bridgehead atoms. The van der Waals surface area contributed by atoms with E-state index in [1.807, 2.05) is 36.5 Å². The highest BCUT2D eigenvalue weighted by molar-refractivity contribution is 5.63. The molecule has 18 heavy (non-hydrogen) atoms. The molecule has 0 atom stereocenters. The standard InChI is InChI=1S/C13H11N3O2/c1-17-13-15-10(9-4-2-6-14-9)8-11(16-13)12-5-3-7-18-12/h2-8,14H,1H3. The third-order valence-corrected chi connectivity index (χ3v) is 2.54. The third-order valence-electron chi connectivity index (χ3n) is 2.54. The van der Waals surface area contributed by atoms with Crippen molar-refractivity contribution < 1.29 is 9.15 Å². The van der Waals surface area contributed by atoms with Crippen molar-refractivity contribution in [1.82, 2.24) is 15.0 Å². The zero-order chi connectivity index (χ0) is 12.4. The maximum atomic E-state index is 5.34. The molecule has 90 valence electrons. The van der Waals surface area contributed by atoms with Gasteiger partial charge in [-0.25, -0.2) is 0 Å². The highest BCUT2D eigenvalue weighted by atomic mass is 16.5.